The number of amides is 2. The molecule has 1 aromatic carbocycles. The van der Waals surface area contributed by atoms with Gasteiger partial charge >= 0.3 is 6.03 Å². The lowest BCUT2D eigenvalue weighted by atomic mass is 10.1. The Morgan fingerprint density at radius 3 is 2.63 bits per heavy atom. The van der Waals surface area contributed by atoms with Crippen LogP contribution in [0.5, 0.6) is 0 Å². The highest BCUT2D eigenvalue weighted by Crippen LogP contribution is 2.12. The molecule has 6 nitrogen and oxygen atoms in total. The third-order valence-electron chi connectivity index (χ3n) is 2.59. The number of rotatable bonds is 3. The van der Waals surface area contributed by atoms with Gasteiger partial charge < -0.3 is 5.32 Å². The number of hydrogen-bond donors (Lipinski definition) is 2. The van der Waals surface area contributed by atoms with Gasteiger partial charge in [-0.3, -0.25) is 14.8 Å². The smallest absolute Gasteiger partial charge is 0.308 e. The second kappa shape index (κ2) is 5.34. The largest absolute Gasteiger partial charge is 0.324 e. The third-order valence-corrected chi connectivity index (χ3v) is 2.59. The molecule has 2 rings (SSSR count). The van der Waals surface area contributed by atoms with E-state index in [1.165, 1.54) is 6.92 Å². The topological polar surface area (TPSA) is 76.0 Å². The van der Waals surface area contributed by atoms with E-state index in [0.717, 1.165) is 0 Å². The molecular weight excluding hydrogens is 244 g/mol. The van der Waals surface area contributed by atoms with E-state index in [-0.39, 0.29) is 11.8 Å². The summed E-state index contributed by atoms with van der Waals surface area (Å²) in [6.45, 7) is 1.48. The van der Waals surface area contributed by atoms with Gasteiger partial charge in [0.2, 0.25) is 0 Å². The van der Waals surface area contributed by atoms with E-state index in [1.54, 1.807) is 48.3 Å². The van der Waals surface area contributed by atoms with Gasteiger partial charge in [-0.1, -0.05) is 12.1 Å². The molecule has 0 aliphatic rings. The van der Waals surface area contributed by atoms with Crippen molar-refractivity contribution >= 4 is 23.3 Å². The van der Waals surface area contributed by atoms with Crippen LogP contribution in [0.4, 0.5) is 16.3 Å². The molecule has 0 saturated heterocycles. The summed E-state index contributed by atoms with van der Waals surface area (Å²) in [5.41, 5.74) is 1.12. The minimum atomic E-state index is -0.385. The first-order valence-corrected chi connectivity index (χ1v) is 5.73. The maximum Gasteiger partial charge on any atom is 0.324 e. The fraction of sp³-hybridized carbons (Fsp3) is 0.154. The summed E-state index contributed by atoms with van der Waals surface area (Å²) in [5.74, 6) is 0.538. The average molecular weight is 258 g/mol. The fourth-order valence-corrected chi connectivity index (χ4v) is 1.59. The Hall–Kier alpha value is -2.63. The number of ketones is 1. The number of nitrogens with zero attached hydrogens (tertiary/aromatic N) is 2. The lowest BCUT2D eigenvalue weighted by molar-refractivity contribution is 0.101. The molecule has 0 aliphatic heterocycles. The Bertz CT molecular complexity index is 619. The Morgan fingerprint density at radius 1 is 1.21 bits per heavy atom. The molecule has 0 fully saturated rings. The van der Waals surface area contributed by atoms with Gasteiger partial charge in [0.15, 0.2) is 5.78 Å². The highest BCUT2D eigenvalue weighted by Gasteiger charge is 2.06. The minimum absolute atomic E-state index is 0.0457. The number of Topliss-reactive ketones (excluding diaryl/α,β-unsaturated/α-hetero) is 1. The van der Waals surface area contributed by atoms with Gasteiger partial charge in [-0.05, 0) is 19.1 Å². The van der Waals surface area contributed by atoms with Crippen molar-refractivity contribution in [1.82, 2.24) is 9.78 Å². The first-order chi connectivity index (χ1) is 9.06. The number of benzene rings is 1. The molecule has 98 valence electrons. The number of hydrogen-bond acceptors (Lipinski definition) is 3. The van der Waals surface area contributed by atoms with Crippen LogP contribution < -0.4 is 10.6 Å². The number of carbonyl (C=O) groups excluding carboxylic acids is 2. The van der Waals surface area contributed by atoms with E-state index < -0.39 is 0 Å². The summed E-state index contributed by atoms with van der Waals surface area (Å²) in [6, 6.07) is 8.07. The molecule has 0 saturated carbocycles. The average Bonchev–Trinajstić information content (AvgIpc) is 2.75. The van der Waals surface area contributed by atoms with E-state index in [4.69, 9.17) is 0 Å². The Kier molecular flexibility index (Phi) is 3.61. The molecule has 19 heavy (non-hydrogen) atoms. The van der Waals surface area contributed by atoms with Gasteiger partial charge in [0.1, 0.15) is 5.82 Å². The molecule has 0 bridgehead atoms. The molecule has 0 atom stereocenters. The number of carbonyl (C=O) groups is 2. The Balaban J connectivity index is 2.05. The van der Waals surface area contributed by atoms with Crippen LogP contribution in [-0.4, -0.2) is 21.6 Å². The van der Waals surface area contributed by atoms with Gasteiger partial charge in [0.25, 0.3) is 0 Å². The van der Waals surface area contributed by atoms with E-state index in [9.17, 15) is 9.59 Å². The zero-order valence-corrected chi connectivity index (χ0v) is 10.7. The Labute approximate surface area is 110 Å². The van der Waals surface area contributed by atoms with E-state index in [0.29, 0.717) is 17.1 Å². The quantitative estimate of drug-likeness (QED) is 0.829. The first-order valence-electron chi connectivity index (χ1n) is 5.73. The minimum Gasteiger partial charge on any atom is -0.308 e. The monoisotopic (exact) mass is 258 g/mol. The van der Waals surface area contributed by atoms with Crippen LogP contribution in [0.2, 0.25) is 0 Å². The van der Waals surface area contributed by atoms with Gasteiger partial charge in [0, 0.05) is 24.4 Å². The van der Waals surface area contributed by atoms with Gasteiger partial charge in [-0.25, -0.2) is 4.79 Å². The third kappa shape index (κ3) is 3.19. The van der Waals surface area contributed by atoms with Crippen LogP contribution in [0.3, 0.4) is 0 Å². The molecule has 0 spiro atoms. The standard InChI is InChI=1S/C13H14N4O2/c1-9(18)10-4-3-5-11(8-10)15-13(19)16-12-6-7-14-17(12)2/h3-8H,1-2H3,(H2,15,16,19). The second-order valence-corrected chi connectivity index (χ2v) is 4.06. The molecule has 1 aromatic heterocycles. The second-order valence-electron chi connectivity index (χ2n) is 4.06. The fourth-order valence-electron chi connectivity index (χ4n) is 1.59. The number of nitrogens with one attached hydrogen (secondary N) is 2. The molecule has 0 radical (unpaired) electrons. The zero-order chi connectivity index (χ0) is 13.8. The predicted molar refractivity (Wildman–Crippen MR) is 72.3 cm³/mol. The van der Waals surface area contributed by atoms with Crippen molar-refractivity contribution in [3.8, 4) is 0 Å². The molecule has 2 N–H and O–H groups in total. The molecular formula is C13H14N4O2. The molecule has 6 heteroatoms. The molecule has 0 unspecified atom stereocenters. The number of aromatic nitrogens is 2. The molecule has 2 aromatic rings. The van der Waals surface area contributed by atoms with Crippen molar-refractivity contribution in [2.75, 3.05) is 10.6 Å². The number of anilines is 2. The van der Waals surface area contributed by atoms with Crippen LogP contribution in [0.1, 0.15) is 17.3 Å². The maximum atomic E-state index is 11.8. The van der Waals surface area contributed by atoms with Crippen LogP contribution in [-0.2, 0) is 7.05 Å². The summed E-state index contributed by atoms with van der Waals surface area (Å²) in [6.07, 6.45) is 1.59. The normalized spacial score (nSPS) is 10.0. The highest BCUT2D eigenvalue weighted by molar-refractivity contribution is 6.01. The molecule has 0 aliphatic carbocycles. The molecule has 1 heterocycles. The van der Waals surface area contributed by atoms with Crippen molar-refractivity contribution < 1.29 is 9.59 Å². The summed E-state index contributed by atoms with van der Waals surface area (Å²) in [7, 11) is 1.73. The van der Waals surface area contributed by atoms with Crippen LogP contribution in [0.15, 0.2) is 36.5 Å². The van der Waals surface area contributed by atoms with Gasteiger partial charge in [0.05, 0.1) is 6.20 Å². The lowest BCUT2D eigenvalue weighted by Crippen LogP contribution is -2.21. The number of aryl methyl sites for hydroxylation is 1. The van der Waals surface area contributed by atoms with Crippen molar-refractivity contribution in [1.29, 1.82) is 0 Å². The lowest BCUT2D eigenvalue weighted by Gasteiger charge is -2.08. The zero-order valence-electron chi connectivity index (χ0n) is 10.7. The molecule has 2 amide bonds. The Morgan fingerprint density at radius 2 is 2.00 bits per heavy atom. The van der Waals surface area contributed by atoms with Crippen LogP contribution in [0.25, 0.3) is 0 Å². The van der Waals surface area contributed by atoms with Crippen molar-refractivity contribution in [3.05, 3.63) is 42.1 Å². The SMILES string of the molecule is CC(=O)c1cccc(NC(=O)Nc2ccnn2C)c1. The van der Waals surface area contributed by atoms with E-state index in [1.807, 2.05) is 0 Å². The number of urea groups is 1. The summed E-state index contributed by atoms with van der Waals surface area (Å²) in [5, 5.41) is 9.26. The van der Waals surface area contributed by atoms with E-state index in [2.05, 4.69) is 15.7 Å². The van der Waals surface area contributed by atoms with Crippen LogP contribution >= 0.6 is 0 Å². The van der Waals surface area contributed by atoms with E-state index >= 15 is 0 Å². The van der Waals surface area contributed by atoms with Crippen LogP contribution in [0, 0.1) is 0 Å². The summed E-state index contributed by atoms with van der Waals surface area (Å²) >= 11 is 0. The predicted octanol–water partition coefficient (Wildman–Crippen LogP) is 2.27. The van der Waals surface area contributed by atoms with Crippen molar-refractivity contribution in [2.24, 2.45) is 7.05 Å². The van der Waals surface area contributed by atoms with Crippen molar-refractivity contribution in [2.45, 2.75) is 6.92 Å². The maximum absolute atomic E-state index is 11.8. The van der Waals surface area contributed by atoms with Gasteiger partial charge in [-0.15, -0.1) is 0 Å². The highest BCUT2D eigenvalue weighted by atomic mass is 16.2. The first kappa shape index (κ1) is 12.8. The van der Waals surface area contributed by atoms with Gasteiger partial charge in [-0.2, -0.15) is 5.10 Å². The van der Waals surface area contributed by atoms with Crippen molar-refractivity contribution in [3.63, 3.8) is 0 Å². The summed E-state index contributed by atoms with van der Waals surface area (Å²) in [4.78, 5) is 23.0. The summed E-state index contributed by atoms with van der Waals surface area (Å²) < 4.78 is 1.55.